The average Bonchev–Trinajstić information content (AvgIpc) is 2.17. The van der Waals surface area contributed by atoms with Crippen molar-refractivity contribution in [3.63, 3.8) is 0 Å². The molecule has 0 bridgehead atoms. The van der Waals surface area contributed by atoms with Gasteiger partial charge in [0.1, 0.15) is 0 Å². The van der Waals surface area contributed by atoms with E-state index in [1.807, 2.05) is 6.92 Å². The molecule has 3 heteroatoms. The van der Waals surface area contributed by atoms with Crippen molar-refractivity contribution in [1.82, 2.24) is 0 Å². The standard InChI is InChI=1S/C12H16F2O/c1-8-4-5-9(11(13)14)10(6-8)12(2,3)7-15/h4-6,11,15H,7H2,1-3H3. The van der Waals surface area contributed by atoms with Crippen molar-refractivity contribution >= 4 is 0 Å². The minimum atomic E-state index is -2.49. The van der Waals surface area contributed by atoms with Crippen LogP contribution in [-0.2, 0) is 5.41 Å². The van der Waals surface area contributed by atoms with Gasteiger partial charge < -0.3 is 5.11 Å². The first-order valence-corrected chi connectivity index (χ1v) is 4.88. The van der Waals surface area contributed by atoms with E-state index in [2.05, 4.69) is 0 Å². The van der Waals surface area contributed by atoms with Crippen molar-refractivity contribution in [2.75, 3.05) is 6.61 Å². The number of hydrogen-bond acceptors (Lipinski definition) is 1. The Labute approximate surface area is 88.7 Å². The predicted octanol–water partition coefficient (Wildman–Crippen LogP) is 3.20. The summed E-state index contributed by atoms with van der Waals surface area (Å²) in [6.45, 7) is 5.23. The first-order valence-electron chi connectivity index (χ1n) is 4.88. The Hall–Kier alpha value is -0.960. The summed E-state index contributed by atoms with van der Waals surface area (Å²) in [5.74, 6) is 0. The number of aliphatic hydroxyl groups excluding tert-OH is 1. The molecule has 0 spiro atoms. The summed E-state index contributed by atoms with van der Waals surface area (Å²) in [7, 11) is 0. The second kappa shape index (κ2) is 4.27. The maximum atomic E-state index is 12.7. The Balaban J connectivity index is 3.30. The van der Waals surface area contributed by atoms with Crippen molar-refractivity contribution in [1.29, 1.82) is 0 Å². The molecule has 0 saturated carbocycles. The summed E-state index contributed by atoms with van der Waals surface area (Å²) in [5, 5.41) is 9.20. The van der Waals surface area contributed by atoms with E-state index in [1.165, 1.54) is 6.07 Å². The highest BCUT2D eigenvalue weighted by atomic mass is 19.3. The van der Waals surface area contributed by atoms with Crippen LogP contribution in [0.4, 0.5) is 8.78 Å². The van der Waals surface area contributed by atoms with Gasteiger partial charge in [0.25, 0.3) is 6.43 Å². The SMILES string of the molecule is Cc1ccc(C(F)F)c(C(C)(C)CO)c1. The van der Waals surface area contributed by atoms with Gasteiger partial charge in [0.05, 0.1) is 6.61 Å². The van der Waals surface area contributed by atoms with E-state index in [4.69, 9.17) is 0 Å². The topological polar surface area (TPSA) is 20.2 Å². The molecule has 0 saturated heterocycles. The molecule has 0 aliphatic heterocycles. The van der Waals surface area contributed by atoms with Crippen LogP contribution in [0.3, 0.4) is 0 Å². The number of benzene rings is 1. The molecule has 0 aliphatic rings. The molecule has 0 radical (unpaired) electrons. The van der Waals surface area contributed by atoms with E-state index < -0.39 is 11.8 Å². The molecule has 0 unspecified atom stereocenters. The highest BCUT2D eigenvalue weighted by molar-refractivity contribution is 5.37. The van der Waals surface area contributed by atoms with Crippen LogP contribution in [0.25, 0.3) is 0 Å². The van der Waals surface area contributed by atoms with Crippen molar-refractivity contribution < 1.29 is 13.9 Å². The highest BCUT2D eigenvalue weighted by Crippen LogP contribution is 2.32. The third-order valence-corrected chi connectivity index (χ3v) is 2.57. The summed E-state index contributed by atoms with van der Waals surface area (Å²) in [6, 6.07) is 4.82. The summed E-state index contributed by atoms with van der Waals surface area (Å²) < 4.78 is 25.5. The number of hydrogen-bond donors (Lipinski definition) is 1. The fourth-order valence-corrected chi connectivity index (χ4v) is 1.53. The van der Waals surface area contributed by atoms with Gasteiger partial charge in [-0.15, -0.1) is 0 Å². The maximum Gasteiger partial charge on any atom is 0.264 e. The third-order valence-electron chi connectivity index (χ3n) is 2.57. The van der Waals surface area contributed by atoms with Crippen molar-refractivity contribution in [2.45, 2.75) is 32.6 Å². The lowest BCUT2D eigenvalue weighted by Crippen LogP contribution is -2.24. The van der Waals surface area contributed by atoms with Crippen molar-refractivity contribution in [3.8, 4) is 0 Å². The minimum absolute atomic E-state index is 0.0136. The summed E-state index contributed by atoms with van der Waals surface area (Å²) >= 11 is 0. The molecule has 0 amide bonds. The molecule has 1 aromatic rings. The zero-order valence-electron chi connectivity index (χ0n) is 9.22. The van der Waals surface area contributed by atoms with Gasteiger partial charge in [-0.05, 0) is 12.5 Å². The molecule has 1 rings (SSSR count). The van der Waals surface area contributed by atoms with Crippen LogP contribution in [0.5, 0.6) is 0 Å². The third kappa shape index (κ3) is 2.53. The molecule has 0 fully saturated rings. The second-order valence-corrected chi connectivity index (χ2v) is 4.43. The number of aryl methyl sites for hydroxylation is 1. The Morgan fingerprint density at radius 1 is 1.33 bits per heavy atom. The lowest BCUT2D eigenvalue weighted by atomic mass is 9.82. The van der Waals surface area contributed by atoms with E-state index in [0.29, 0.717) is 5.56 Å². The minimum Gasteiger partial charge on any atom is -0.395 e. The van der Waals surface area contributed by atoms with Crippen LogP contribution in [0.2, 0.25) is 0 Å². The maximum absolute atomic E-state index is 12.7. The van der Waals surface area contributed by atoms with E-state index in [-0.39, 0.29) is 12.2 Å². The molecule has 0 heterocycles. The fourth-order valence-electron chi connectivity index (χ4n) is 1.53. The van der Waals surface area contributed by atoms with Crippen molar-refractivity contribution in [3.05, 3.63) is 34.9 Å². The van der Waals surface area contributed by atoms with Crippen LogP contribution in [0.15, 0.2) is 18.2 Å². The Kier molecular flexibility index (Phi) is 3.45. The summed E-state index contributed by atoms with van der Waals surface area (Å²) in [5.41, 5.74) is 0.841. The van der Waals surface area contributed by atoms with Gasteiger partial charge >= 0.3 is 0 Å². The quantitative estimate of drug-likeness (QED) is 0.819. The molecule has 1 nitrogen and oxygen atoms in total. The summed E-state index contributed by atoms with van der Waals surface area (Å²) in [6.07, 6.45) is -2.49. The summed E-state index contributed by atoms with van der Waals surface area (Å²) in [4.78, 5) is 0. The number of aliphatic hydroxyl groups is 1. The van der Waals surface area contributed by atoms with Crippen LogP contribution in [-0.4, -0.2) is 11.7 Å². The Morgan fingerprint density at radius 2 is 1.93 bits per heavy atom. The number of alkyl halides is 2. The Bertz CT molecular complexity index is 345. The van der Waals surface area contributed by atoms with Crippen molar-refractivity contribution in [2.24, 2.45) is 0 Å². The zero-order chi connectivity index (χ0) is 11.6. The molecule has 0 aliphatic carbocycles. The largest absolute Gasteiger partial charge is 0.395 e. The van der Waals surface area contributed by atoms with Gasteiger partial charge in [0, 0.05) is 11.0 Å². The van der Waals surface area contributed by atoms with Crippen LogP contribution < -0.4 is 0 Å². The smallest absolute Gasteiger partial charge is 0.264 e. The first-order chi connectivity index (χ1) is 6.88. The molecule has 1 aromatic carbocycles. The van der Waals surface area contributed by atoms with Gasteiger partial charge in [0.2, 0.25) is 0 Å². The molecular weight excluding hydrogens is 198 g/mol. The van der Waals surface area contributed by atoms with E-state index >= 15 is 0 Å². The Morgan fingerprint density at radius 3 is 2.40 bits per heavy atom. The van der Waals surface area contributed by atoms with Gasteiger partial charge in [-0.3, -0.25) is 0 Å². The lowest BCUT2D eigenvalue weighted by molar-refractivity contribution is 0.145. The zero-order valence-corrected chi connectivity index (χ0v) is 9.22. The molecule has 84 valence electrons. The van der Waals surface area contributed by atoms with Gasteiger partial charge in [0.15, 0.2) is 0 Å². The van der Waals surface area contributed by atoms with Gasteiger partial charge in [-0.2, -0.15) is 0 Å². The van der Waals surface area contributed by atoms with Gasteiger partial charge in [-0.25, -0.2) is 8.78 Å². The highest BCUT2D eigenvalue weighted by Gasteiger charge is 2.26. The second-order valence-electron chi connectivity index (χ2n) is 4.43. The number of halogens is 2. The molecule has 1 N–H and O–H groups in total. The first kappa shape index (κ1) is 12.1. The molecule has 0 atom stereocenters. The van der Waals surface area contributed by atoms with Crippen LogP contribution >= 0.6 is 0 Å². The van der Waals surface area contributed by atoms with Crippen LogP contribution in [0, 0.1) is 6.92 Å². The van der Waals surface area contributed by atoms with Crippen LogP contribution in [0.1, 0.15) is 37.0 Å². The van der Waals surface area contributed by atoms with E-state index in [0.717, 1.165) is 5.56 Å². The molecule has 0 aromatic heterocycles. The van der Waals surface area contributed by atoms with Gasteiger partial charge in [-0.1, -0.05) is 37.6 Å². The fraction of sp³-hybridized carbons (Fsp3) is 0.500. The normalized spacial score (nSPS) is 12.2. The molecular formula is C12H16F2O. The lowest BCUT2D eigenvalue weighted by Gasteiger charge is -2.25. The monoisotopic (exact) mass is 214 g/mol. The van der Waals surface area contributed by atoms with E-state index in [1.54, 1.807) is 26.0 Å². The molecule has 15 heavy (non-hydrogen) atoms. The van der Waals surface area contributed by atoms with E-state index in [9.17, 15) is 13.9 Å². The predicted molar refractivity (Wildman–Crippen MR) is 56.2 cm³/mol. The average molecular weight is 214 g/mol. The number of rotatable bonds is 3.